The summed E-state index contributed by atoms with van der Waals surface area (Å²) in [7, 11) is 1.73. The zero-order valence-corrected chi connectivity index (χ0v) is 15.0. The number of benzene rings is 1. The van der Waals surface area contributed by atoms with Gasteiger partial charge in [-0.3, -0.25) is 9.59 Å². The molecule has 0 radical (unpaired) electrons. The van der Waals surface area contributed by atoms with E-state index in [2.05, 4.69) is 11.6 Å². The number of carbonyl (C=O) groups excluding carboxylic acids is 2. The van der Waals surface area contributed by atoms with Gasteiger partial charge in [-0.2, -0.15) is 11.8 Å². The van der Waals surface area contributed by atoms with Crippen LogP contribution in [0, 0.1) is 0 Å². The van der Waals surface area contributed by atoms with Crippen LogP contribution in [0.25, 0.3) is 0 Å². The Bertz CT molecular complexity index is 598. The zero-order chi connectivity index (χ0) is 17.2. The van der Waals surface area contributed by atoms with Crippen molar-refractivity contribution < 1.29 is 14.3 Å². The topological polar surface area (TPSA) is 58.6 Å². The van der Waals surface area contributed by atoms with Crippen molar-refractivity contribution in [3.05, 3.63) is 35.9 Å². The highest BCUT2D eigenvalue weighted by Gasteiger charge is 2.42. The van der Waals surface area contributed by atoms with Crippen LogP contribution in [0.4, 0.5) is 0 Å². The summed E-state index contributed by atoms with van der Waals surface area (Å²) < 4.78 is 5.80. The summed E-state index contributed by atoms with van der Waals surface area (Å²) in [5.74, 6) is -0.240. The molecule has 6 heteroatoms. The van der Waals surface area contributed by atoms with Crippen LogP contribution in [0.3, 0.4) is 0 Å². The Morgan fingerprint density at radius 3 is 2.67 bits per heavy atom. The van der Waals surface area contributed by atoms with Crippen LogP contribution in [0.1, 0.15) is 30.9 Å². The molecule has 1 saturated carbocycles. The Balaban J connectivity index is 1.74. The number of ether oxygens (including phenoxy) is 1. The van der Waals surface area contributed by atoms with Gasteiger partial charge in [0.2, 0.25) is 5.91 Å². The smallest absolute Gasteiger partial charge is 0.251 e. The van der Waals surface area contributed by atoms with E-state index in [1.807, 2.05) is 42.1 Å². The number of hydrogen-bond donors (Lipinski definition) is 1. The second kappa shape index (κ2) is 7.15. The van der Waals surface area contributed by atoms with E-state index in [9.17, 15) is 9.59 Å². The van der Waals surface area contributed by atoms with Crippen LogP contribution < -0.4 is 5.32 Å². The molecule has 2 atom stereocenters. The number of amides is 2. The molecule has 1 aromatic rings. The average molecular weight is 348 g/mol. The van der Waals surface area contributed by atoms with Crippen molar-refractivity contribution in [3.8, 4) is 0 Å². The predicted molar refractivity (Wildman–Crippen MR) is 94.8 cm³/mol. The molecule has 1 aromatic carbocycles. The first-order valence-corrected chi connectivity index (χ1v) is 9.54. The van der Waals surface area contributed by atoms with Gasteiger partial charge in [-0.15, -0.1) is 0 Å². The molecule has 1 saturated heterocycles. The lowest BCUT2D eigenvalue weighted by molar-refractivity contribution is -0.162. The fourth-order valence-electron chi connectivity index (χ4n) is 3.35. The molecule has 1 aliphatic heterocycles. The first-order chi connectivity index (χ1) is 11.6. The summed E-state index contributed by atoms with van der Waals surface area (Å²) in [6.07, 6.45) is 4.93. The van der Waals surface area contributed by atoms with Crippen LogP contribution in [-0.2, 0) is 14.3 Å². The monoisotopic (exact) mass is 348 g/mol. The number of hydrogen-bond acceptors (Lipinski definition) is 4. The summed E-state index contributed by atoms with van der Waals surface area (Å²) in [5.41, 5.74) is 0.913. The van der Waals surface area contributed by atoms with Crippen molar-refractivity contribution in [1.29, 1.82) is 0 Å². The molecule has 5 nitrogen and oxygen atoms in total. The van der Waals surface area contributed by atoms with E-state index >= 15 is 0 Å². The molecule has 3 rings (SSSR count). The van der Waals surface area contributed by atoms with Crippen molar-refractivity contribution in [1.82, 2.24) is 10.2 Å². The largest absolute Gasteiger partial charge is 0.356 e. The van der Waals surface area contributed by atoms with E-state index in [0.717, 1.165) is 18.4 Å². The number of thioether (sulfide) groups is 1. The quantitative estimate of drug-likeness (QED) is 0.884. The molecule has 0 aromatic heterocycles. The summed E-state index contributed by atoms with van der Waals surface area (Å²) in [4.78, 5) is 26.4. The molecule has 0 bridgehead atoms. The van der Waals surface area contributed by atoms with Crippen LogP contribution in [0.15, 0.2) is 30.3 Å². The first kappa shape index (κ1) is 17.3. The number of morpholine rings is 1. The fraction of sp³-hybridized carbons (Fsp3) is 0.556. The Labute approximate surface area is 147 Å². The average Bonchev–Trinajstić information content (AvgIpc) is 2.57. The normalized spacial score (nSPS) is 25.9. The molecular formula is C18H24N2O3S. The highest BCUT2D eigenvalue weighted by molar-refractivity contribution is 8.00. The molecule has 2 amide bonds. The van der Waals surface area contributed by atoms with Crippen LogP contribution in [0.2, 0.25) is 0 Å². The number of likely N-dealkylation sites (N-methyl/N-ethyl adjacent to an activating group) is 1. The van der Waals surface area contributed by atoms with E-state index in [1.54, 1.807) is 11.9 Å². The second-order valence-corrected chi connectivity index (χ2v) is 7.82. The fourth-order valence-corrected chi connectivity index (χ4v) is 4.27. The number of nitrogens with zero attached hydrogens (tertiary/aromatic N) is 1. The van der Waals surface area contributed by atoms with Gasteiger partial charge in [0.05, 0.1) is 6.04 Å². The Hall–Kier alpha value is -1.53. The first-order valence-electron chi connectivity index (χ1n) is 8.31. The summed E-state index contributed by atoms with van der Waals surface area (Å²) >= 11 is 1.83. The van der Waals surface area contributed by atoms with Gasteiger partial charge in [-0.05, 0) is 24.7 Å². The van der Waals surface area contributed by atoms with Gasteiger partial charge in [0.15, 0.2) is 6.10 Å². The molecule has 0 spiro atoms. The van der Waals surface area contributed by atoms with E-state index < -0.39 is 6.10 Å². The van der Waals surface area contributed by atoms with Gasteiger partial charge < -0.3 is 15.0 Å². The van der Waals surface area contributed by atoms with Crippen LogP contribution >= 0.6 is 11.8 Å². The predicted octanol–water partition coefficient (Wildman–Crippen LogP) is 1.99. The van der Waals surface area contributed by atoms with Gasteiger partial charge in [0.1, 0.15) is 6.61 Å². The zero-order valence-electron chi connectivity index (χ0n) is 14.2. The second-order valence-electron chi connectivity index (χ2n) is 6.55. The van der Waals surface area contributed by atoms with Crippen molar-refractivity contribution in [3.63, 3.8) is 0 Å². The Morgan fingerprint density at radius 1 is 1.38 bits per heavy atom. The minimum atomic E-state index is -0.672. The molecule has 2 fully saturated rings. The molecule has 1 aliphatic carbocycles. The third kappa shape index (κ3) is 3.30. The van der Waals surface area contributed by atoms with Gasteiger partial charge in [0.25, 0.3) is 5.91 Å². The Morgan fingerprint density at radius 2 is 2.08 bits per heavy atom. The van der Waals surface area contributed by atoms with Crippen molar-refractivity contribution in [2.75, 3.05) is 26.5 Å². The summed E-state index contributed by atoms with van der Waals surface area (Å²) in [6.45, 7) is 0.609. The van der Waals surface area contributed by atoms with Gasteiger partial charge >= 0.3 is 0 Å². The molecule has 2 aliphatic rings. The standard InChI is InChI=1S/C18H24N2O3S/c1-20-14(21)11-23-16(15(20)13-7-4-3-5-8-13)17(22)19-12-18(24-2)9-6-10-18/h3-5,7-8,15-16H,6,9-12H2,1-2H3,(H,19,22). The molecule has 1 heterocycles. The maximum Gasteiger partial charge on any atom is 0.251 e. The maximum absolute atomic E-state index is 12.8. The number of carbonyl (C=O) groups is 2. The third-order valence-electron chi connectivity index (χ3n) is 5.17. The van der Waals surface area contributed by atoms with E-state index in [0.29, 0.717) is 6.54 Å². The lowest BCUT2D eigenvalue weighted by Gasteiger charge is -2.42. The lowest BCUT2D eigenvalue weighted by atomic mass is 9.84. The van der Waals surface area contributed by atoms with E-state index in [-0.39, 0.29) is 29.2 Å². The van der Waals surface area contributed by atoms with Crippen molar-refractivity contribution >= 4 is 23.6 Å². The Kier molecular flexibility index (Phi) is 5.15. The molecule has 2 unspecified atom stereocenters. The molecule has 24 heavy (non-hydrogen) atoms. The summed E-state index contributed by atoms with van der Waals surface area (Å²) in [6, 6.07) is 9.21. The van der Waals surface area contributed by atoms with Crippen LogP contribution in [0.5, 0.6) is 0 Å². The minimum Gasteiger partial charge on any atom is -0.356 e. The maximum atomic E-state index is 12.8. The number of rotatable bonds is 5. The van der Waals surface area contributed by atoms with E-state index in [4.69, 9.17) is 4.74 Å². The lowest BCUT2D eigenvalue weighted by Crippen LogP contribution is -2.55. The summed E-state index contributed by atoms with van der Waals surface area (Å²) in [5, 5.41) is 3.06. The SMILES string of the molecule is CSC1(CNC(=O)C2OCC(=O)N(C)C2c2ccccc2)CCC1. The molecule has 1 N–H and O–H groups in total. The van der Waals surface area contributed by atoms with Crippen molar-refractivity contribution in [2.24, 2.45) is 0 Å². The van der Waals surface area contributed by atoms with Gasteiger partial charge in [-0.25, -0.2) is 0 Å². The minimum absolute atomic E-state index is 0.0500. The molecular weight excluding hydrogens is 324 g/mol. The molecule has 130 valence electrons. The van der Waals surface area contributed by atoms with Crippen molar-refractivity contribution in [2.45, 2.75) is 36.2 Å². The van der Waals surface area contributed by atoms with Gasteiger partial charge in [0, 0.05) is 18.3 Å². The van der Waals surface area contributed by atoms with Gasteiger partial charge in [-0.1, -0.05) is 36.8 Å². The highest BCUT2D eigenvalue weighted by Crippen LogP contribution is 2.42. The van der Waals surface area contributed by atoms with E-state index in [1.165, 1.54) is 6.42 Å². The number of nitrogens with one attached hydrogen (secondary N) is 1. The van der Waals surface area contributed by atoms with Crippen LogP contribution in [-0.4, -0.2) is 54.0 Å². The third-order valence-corrected chi connectivity index (χ3v) is 6.58. The highest BCUT2D eigenvalue weighted by atomic mass is 32.2.